The van der Waals surface area contributed by atoms with Gasteiger partial charge in [-0.15, -0.1) is 23.1 Å². The molecule has 2 fully saturated rings. The average Bonchev–Trinajstić information content (AvgIpc) is 3.27. The van der Waals surface area contributed by atoms with Crippen LogP contribution < -0.4 is 5.32 Å². The molecule has 26 heavy (non-hydrogen) atoms. The molecule has 1 N–H and O–H groups in total. The standard InChI is InChI=1S/C19H21N3O2S2/c1-11-4-5-13(8-12(11)2)14-9-25-18(20-14)21-17(24)15-10-26-19(3)7-6-16(23)22(15)19/h4-5,8-9,15H,6-7,10H2,1-3H3,(H,20,21,24)/t15-,19-/m1/s1. The molecule has 0 aliphatic carbocycles. The van der Waals surface area contributed by atoms with Gasteiger partial charge in [0.15, 0.2) is 5.13 Å². The second kappa shape index (κ2) is 6.39. The zero-order valence-electron chi connectivity index (χ0n) is 15.0. The van der Waals surface area contributed by atoms with Gasteiger partial charge in [-0.3, -0.25) is 9.59 Å². The number of hydrogen-bond acceptors (Lipinski definition) is 5. The predicted octanol–water partition coefficient (Wildman–Crippen LogP) is 3.82. The van der Waals surface area contributed by atoms with Crippen molar-refractivity contribution in [2.75, 3.05) is 11.1 Å². The van der Waals surface area contributed by atoms with Gasteiger partial charge in [-0.25, -0.2) is 4.98 Å². The van der Waals surface area contributed by atoms with E-state index in [1.807, 2.05) is 11.4 Å². The van der Waals surface area contributed by atoms with Crippen molar-refractivity contribution < 1.29 is 9.59 Å². The van der Waals surface area contributed by atoms with Gasteiger partial charge in [0, 0.05) is 23.1 Å². The molecule has 5 nitrogen and oxygen atoms in total. The number of rotatable bonds is 3. The minimum absolute atomic E-state index is 0.0765. The fraction of sp³-hybridized carbons (Fsp3) is 0.421. The summed E-state index contributed by atoms with van der Waals surface area (Å²) in [5.41, 5.74) is 4.37. The molecule has 2 aliphatic rings. The molecule has 7 heteroatoms. The second-order valence-corrected chi connectivity index (χ2v) is 9.45. The normalized spacial score (nSPS) is 24.8. The molecule has 0 unspecified atom stereocenters. The molecule has 1 aromatic heterocycles. The number of aryl methyl sites for hydroxylation is 2. The largest absolute Gasteiger partial charge is 0.315 e. The van der Waals surface area contributed by atoms with Crippen LogP contribution in [0.25, 0.3) is 11.3 Å². The maximum atomic E-state index is 12.7. The number of amides is 2. The summed E-state index contributed by atoms with van der Waals surface area (Å²) in [7, 11) is 0. The molecule has 2 saturated heterocycles. The van der Waals surface area contributed by atoms with E-state index < -0.39 is 6.04 Å². The zero-order chi connectivity index (χ0) is 18.5. The van der Waals surface area contributed by atoms with Crippen molar-refractivity contribution in [2.45, 2.75) is 44.5 Å². The van der Waals surface area contributed by atoms with E-state index in [4.69, 9.17) is 0 Å². The maximum absolute atomic E-state index is 12.7. The van der Waals surface area contributed by atoms with E-state index >= 15 is 0 Å². The Hall–Kier alpha value is -1.86. The Morgan fingerprint density at radius 3 is 2.92 bits per heavy atom. The number of thioether (sulfide) groups is 1. The molecule has 4 rings (SSSR count). The summed E-state index contributed by atoms with van der Waals surface area (Å²) in [5.74, 6) is 0.578. The highest BCUT2D eigenvalue weighted by atomic mass is 32.2. The van der Waals surface area contributed by atoms with Crippen LogP contribution in [0.5, 0.6) is 0 Å². The van der Waals surface area contributed by atoms with Gasteiger partial charge in [0.25, 0.3) is 0 Å². The van der Waals surface area contributed by atoms with E-state index in [1.54, 1.807) is 16.7 Å². The Bertz CT molecular complexity index is 895. The van der Waals surface area contributed by atoms with Crippen molar-refractivity contribution in [3.63, 3.8) is 0 Å². The molecule has 0 saturated carbocycles. The Labute approximate surface area is 161 Å². The van der Waals surface area contributed by atoms with Crippen LogP contribution in [0.1, 0.15) is 30.9 Å². The minimum Gasteiger partial charge on any atom is -0.315 e. The number of thiazole rings is 1. The number of hydrogen-bond donors (Lipinski definition) is 1. The van der Waals surface area contributed by atoms with Crippen LogP contribution in [0.3, 0.4) is 0 Å². The number of aromatic nitrogens is 1. The summed E-state index contributed by atoms with van der Waals surface area (Å²) in [4.78, 5) is 31.0. The highest BCUT2D eigenvalue weighted by Crippen LogP contribution is 2.47. The summed E-state index contributed by atoms with van der Waals surface area (Å²) in [6.45, 7) is 6.21. The van der Waals surface area contributed by atoms with Crippen LogP contribution in [-0.4, -0.2) is 38.4 Å². The first-order valence-electron chi connectivity index (χ1n) is 8.67. The minimum atomic E-state index is -0.408. The lowest BCUT2D eigenvalue weighted by molar-refractivity contribution is -0.135. The number of nitrogens with one attached hydrogen (secondary N) is 1. The van der Waals surface area contributed by atoms with Crippen LogP contribution in [0, 0.1) is 13.8 Å². The van der Waals surface area contributed by atoms with Gasteiger partial charge in [0.05, 0.1) is 10.6 Å². The summed E-state index contributed by atoms with van der Waals surface area (Å²) in [6.07, 6.45) is 1.34. The summed E-state index contributed by atoms with van der Waals surface area (Å²) < 4.78 is 0. The lowest BCUT2D eigenvalue weighted by atomic mass is 10.1. The van der Waals surface area contributed by atoms with Gasteiger partial charge in [0.1, 0.15) is 6.04 Å². The van der Waals surface area contributed by atoms with Gasteiger partial charge < -0.3 is 10.2 Å². The highest BCUT2D eigenvalue weighted by Gasteiger charge is 2.52. The lowest BCUT2D eigenvalue weighted by Gasteiger charge is -2.29. The number of carbonyl (C=O) groups excluding carboxylic acids is 2. The van der Waals surface area contributed by atoms with Gasteiger partial charge in [-0.1, -0.05) is 12.1 Å². The number of benzene rings is 1. The fourth-order valence-corrected chi connectivity index (χ4v) is 5.72. The highest BCUT2D eigenvalue weighted by molar-refractivity contribution is 8.01. The average molecular weight is 388 g/mol. The summed E-state index contributed by atoms with van der Waals surface area (Å²) >= 11 is 3.11. The number of anilines is 1. The van der Waals surface area contributed by atoms with E-state index in [1.165, 1.54) is 22.5 Å². The molecule has 136 valence electrons. The van der Waals surface area contributed by atoms with E-state index in [-0.39, 0.29) is 16.7 Å². The second-order valence-electron chi connectivity index (χ2n) is 7.09. The molecule has 0 bridgehead atoms. The van der Waals surface area contributed by atoms with Crippen LogP contribution in [0.4, 0.5) is 5.13 Å². The SMILES string of the molecule is Cc1ccc(-c2csc(NC(=O)[C@H]3CS[C@]4(C)CCC(=O)N34)n2)cc1C. The number of nitrogens with zero attached hydrogens (tertiary/aromatic N) is 2. The molecule has 2 atom stereocenters. The van der Waals surface area contributed by atoms with Crippen molar-refractivity contribution in [2.24, 2.45) is 0 Å². The molecule has 0 radical (unpaired) electrons. The van der Waals surface area contributed by atoms with Crippen LogP contribution in [-0.2, 0) is 9.59 Å². The molecule has 2 amide bonds. The van der Waals surface area contributed by atoms with E-state index in [0.29, 0.717) is 17.3 Å². The van der Waals surface area contributed by atoms with Gasteiger partial charge in [-0.05, 0) is 44.4 Å². The first-order valence-corrected chi connectivity index (χ1v) is 10.5. The zero-order valence-corrected chi connectivity index (χ0v) is 16.7. The molecule has 2 aliphatic heterocycles. The Morgan fingerprint density at radius 2 is 2.15 bits per heavy atom. The monoisotopic (exact) mass is 387 g/mol. The van der Waals surface area contributed by atoms with Gasteiger partial charge >= 0.3 is 0 Å². The van der Waals surface area contributed by atoms with Crippen LogP contribution in [0.2, 0.25) is 0 Å². The first kappa shape index (κ1) is 17.5. The van der Waals surface area contributed by atoms with Crippen molar-refractivity contribution in [1.29, 1.82) is 0 Å². The smallest absolute Gasteiger partial charge is 0.249 e. The topological polar surface area (TPSA) is 62.3 Å². The van der Waals surface area contributed by atoms with Gasteiger partial charge in [-0.2, -0.15) is 0 Å². The van der Waals surface area contributed by atoms with E-state index in [9.17, 15) is 9.59 Å². The maximum Gasteiger partial charge on any atom is 0.249 e. The van der Waals surface area contributed by atoms with E-state index in [0.717, 1.165) is 17.7 Å². The quantitative estimate of drug-likeness (QED) is 0.870. The molecular formula is C19H21N3O2S2. The van der Waals surface area contributed by atoms with Crippen molar-refractivity contribution >= 4 is 40.0 Å². The molecule has 3 heterocycles. The van der Waals surface area contributed by atoms with E-state index in [2.05, 4.69) is 43.2 Å². The third kappa shape index (κ3) is 2.93. The Balaban J connectivity index is 1.50. The van der Waals surface area contributed by atoms with Crippen molar-refractivity contribution in [3.8, 4) is 11.3 Å². The molecular weight excluding hydrogens is 366 g/mol. The van der Waals surface area contributed by atoms with Gasteiger partial charge in [0.2, 0.25) is 11.8 Å². The third-order valence-corrected chi connectivity index (χ3v) is 7.55. The van der Waals surface area contributed by atoms with Crippen LogP contribution in [0.15, 0.2) is 23.6 Å². The van der Waals surface area contributed by atoms with Crippen molar-refractivity contribution in [3.05, 3.63) is 34.7 Å². The summed E-state index contributed by atoms with van der Waals surface area (Å²) in [6, 6.07) is 5.83. The third-order valence-electron chi connectivity index (χ3n) is 5.28. The number of fused-ring (bicyclic) bond motifs is 1. The first-order chi connectivity index (χ1) is 12.4. The fourth-order valence-electron chi connectivity index (χ4n) is 3.57. The van der Waals surface area contributed by atoms with Crippen molar-refractivity contribution in [1.82, 2.24) is 9.88 Å². The molecule has 0 spiro atoms. The molecule has 1 aromatic carbocycles. The predicted molar refractivity (Wildman–Crippen MR) is 106 cm³/mol. The van der Waals surface area contributed by atoms with Crippen LogP contribution >= 0.6 is 23.1 Å². The molecule has 2 aromatic rings. The Kier molecular flexibility index (Phi) is 4.31. The Morgan fingerprint density at radius 1 is 1.35 bits per heavy atom. The lowest BCUT2D eigenvalue weighted by Crippen LogP contribution is -2.48. The summed E-state index contributed by atoms with van der Waals surface area (Å²) in [5, 5.41) is 5.44. The number of carbonyl (C=O) groups is 2.